The molecule has 0 aliphatic carbocycles. The fourth-order valence-electron chi connectivity index (χ4n) is 4.25. The summed E-state index contributed by atoms with van der Waals surface area (Å²) in [5, 5.41) is 20.2. The molecule has 0 fully saturated rings. The molecule has 0 radical (unpaired) electrons. The van der Waals surface area contributed by atoms with E-state index in [9.17, 15) is 14.7 Å². The van der Waals surface area contributed by atoms with Crippen LogP contribution in [0.25, 0.3) is 42.8 Å². The molecule has 38 heavy (non-hydrogen) atoms. The number of benzene rings is 3. The highest BCUT2D eigenvalue weighted by Gasteiger charge is 2.20. The first-order valence-electron chi connectivity index (χ1n) is 12.0. The summed E-state index contributed by atoms with van der Waals surface area (Å²) in [6.07, 6.45) is -0.0783. The predicted molar refractivity (Wildman–Crippen MR) is 155 cm³/mol. The van der Waals surface area contributed by atoms with Crippen LogP contribution in [0.5, 0.6) is 0 Å². The third-order valence-electron chi connectivity index (χ3n) is 6.04. The lowest BCUT2D eigenvalue weighted by atomic mass is 9.93. The number of aromatic nitrogens is 3. The molecule has 5 rings (SSSR count). The van der Waals surface area contributed by atoms with Crippen LogP contribution in [0, 0.1) is 6.92 Å². The van der Waals surface area contributed by atoms with E-state index in [1.54, 1.807) is 44.6 Å². The minimum Gasteiger partial charge on any atom is -0.481 e. The maximum Gasteiger partial charge on any atom is 0.307 e. The van der Waals surface area contributed by atoms with E-state index < -0.39 is 11.6 Å². The molecule has 7 nitrogen and oxygen atoms in total. The number of aliphatic carboxylic acids is 1. The molecular formula is C29H30ClN3O4S. The largest absolute Gasteiger partial charge is 0.481 e. The molecule has 0 amide bonds. The predicted octanol–water partition coefficient (Wildman–Crippen LogP) is 6.19. The highest BCUT2D eigenvalue weighted by molar-refractivity contribution is 7.22. The SMILES string of the molecule is CC(C)(C)O.Cc1cc2nc(-c3ccc4c(=O)n(C)n(C)c4c3)sc2c(-c2ccc(Cl)cc2)c1CC(=O)O. The second-order valence-corrected chi connectivity index (χ2v) is 11.7. The van der Waals surface area contributed by atoms with Crippen molar-refractivity contribution in [1.82, 2.24) is 14.3 Å². The van der Waals surface area contributed by atoms with E-state index in [0.717, 1.165) is 48.6 Å². The highest BCUT2D eigenvalue weighted by Crippen LogP contribution is 2.41. The van der Waals surface area contributed by atoms with Crippen molar-refractivity contribution in [2.45, 2.75) is 39.7 Å². The third-order valence-corrected chi connectivity index (χ3v) is 7.43. The van der Waals surface area contributed by atoms with E-state index in [1.807, 2.05) is 55.1 Å². The normalized spacial score (nSPS) is 11.6. The van der Waals surface area contributed by atoms with Crippen LogP contribution in [-0.2, 0) is 25.3 Å². The Morgan fingerprint density at radius 1 is 1.03 bits per heavy atom. The van der Waals surface area contributed by atoms with Crippen molar-refractivity contribution >= 4 is 50.0 Å². The Morgan fingerprint density at radius 3 is 2.24 bits per heavy atom. The number of hydrogen-bond acceptors (Lipinski definition) is 5. The average molecular weight is 552 g/mol. The second-order valence-electron chi connectivity index (χ2n) is 10.2. The number of carbonyl (C=O) groups is 1. The monoisotopic (exact) mass is 551 g/mol. The van der Waals surface area contributed by atoms with Crippen LogP contribution < -0.4 is 5.56 Å². The zero-order valence-corrected chi connectivity index (χ0v) is 23.7. The van der Waals surface area contributed by atoms with Crippen LogP contribution in [0.15, 0.2) is 53.3 Å². The lowest BCUT2D eigenvalue weighted by Gasteiger charge is -2.13. The number of carboxylic acids is 1. The molecule has 2 N–H and O–H groups in total. The van der Waals surface area contributed by atoms with Gasteiger partial charge in [-0.1, -0.05) is 29.8 Å². The molecule has 2 aromatic heterocycles. The molecule has 2 heterocycles. The maximum absolute atomic E-state index is 12.4. The van der Waals surface area contributed by atoms with E-state index in [0.29, 0.717) is 10.4 Å². The van der Waals surface area contributed by atoms with Gasteiger partial charge in [-0.25, -0.2) is 4.98 Å². The van der Waals surface area contributed by atoms with Crippen molar-refractivity contribution < 1.29 is 15.0 Å². The van der Waals surface area contributed by atoms with E-state index in [1.165, 1.54) is 11.3 Å². The van der Waals surface area contributed by atoms with Gasteiger partial charge in [-0.3, -0.25) is 19.0 Å². The standard InChI is InChI=1S/C25H20ClN3O3S.C4H10O/c1-13-10-19-23(22(18(13)12-21(30)31)14-4-7-16(26)8-5-14)33-24(27-19)15-6-9-17-20(11-15)28(2)29(3)25(17)32;1-4(2,3)5/h4-11H,12H2,1-3H3,(H,30,31);5H,1-3H3. The summed E-state index contributed by atoms with van der Waals surface area (Å²) in [7, 11) is 3.59. The lowest BCUT2D eigenvalue weighted by Crippen LogP contribution is -2.16. The number of carboxylic acid groups (broad SMARTS) is 1. The fourth-order valence-corrected chi connectivity index (χ4v) is 5.51. The molecule has 0 bridgehead atoms. The third kappa shape index (κ3) is 5.67. The first kappa shape index (κ1) is 27.6. The number of nitrogens with zero attached hydrogens (tertiary/aromatic N) is 3. The number of halogens is 1. The van der Waals surface area contributed by atoms with Gasteiger partial charge in [-0.15, -0.1) is 11.3 Å². The molecule has 0 aliphatic heterocycles. The van der Waals surface area contributed by atoms with Gasteiger partial charge < -0.3 is 10.2 Å². The summed E-state index contributed by atoms with van der Waals surface area (Å²) in [6.45, 7) is 7.15. The molecule has 0 aliphatic rings. The first-order valence-corrected chi connectivity index (χ1v) is 13.2. The molecule has 0 atom stereocenters. The Morgan fingerprint density at radius 2 is 1.63 bits per heavy atom. The summed E-state index contributed by atoms with van der Waals surface area (Å²) in [6, 6.07) is 15.1. The highest BCUT2D eigenvalue weighted by atomic mass is 35.5. The molecular weight excluding hydrogens is 522 g/mol. The lowest BCUT2D eigenvalue weighted by molar-refractivity contribution is -0.136. The molecule has 0 saturated carbocycles. The number of rotatable bonds is 4. The van der Waals surface area contributed by atoms with Crippen LogP contribution in [-0.4, -0.2) is 36.1 Å². The van der Waals surface area contributed by atoms with Crippen molar-refractivity contribution in [3.05, 3.63) is 75.0 Å². The smallest absolute Gasteiger partial charge is 0.307 e. The number of aryl methyl sites for hydroxylation is 2. The van der Waals surface area contributed by atoms with E-state index in [2.05, 4.69) is 0 Å². The van der Waals surface area contributed by atoms with Crippen molar-refractivity contribution in [2.75, 3.05) is 0 Å². The molecule has 0 saturated heterocycles. The van der Waals surface area contributed by atoms with Gasteiger partial charge in [0.2, 0.25) is 0 Å². The Hall–Kier alpha value is -3.46. The zero-order valence-electron chi connectivity index (χ0n) is 22.2. The van der Waals surface area contributed by atoms with Crippen molar-refractivity contribution in [2.24, 2.45) is 14.1 Å². The Labute approximate surface area is 229 Å². The Bertz CT molecular complexity index is 1720. The van der Waals surface area contributed by atoms with Crippen LogP contribution in [0.3, 0.4) is 0 Å². The first-order chi connectivity index (χ1) is 17.7. The van der Waals surface area contributed by atoms with E-state index >= 15 is 0 Å². The van der Waals surface area contributed by atoms with Gasteiger partial charge in [0.1, 0.15) is 5.01 Å². The van der Waals surface area contributed by atoms with Crippen LogP contribution in [0.1, 0.15) is 31.9 Å². The second kappa shape index (κ2) is 10.4. The number of fused-ring (bicyclic) bond motifs is 2. The summed E-state index contributed by atoms with van der Waals surface area (Å²) in [5.41, 5.74) is 5.45. The summed E-state index contributed by atoms with van der Waals surface area (Å²) >= 11 is 7.62. The Kier molecular flexibility index (Phi) is 7.52. The van der Waals surface area contributed by atoms with Gasteiger partial charge in [-0.05, 0) is 74.7 Å². The minimum absolute atomic E-state index is 0.0395. The number of hydrogen-bond donors (Lipinski definition) is 2. The van der Waals surface area contributed by atoms with E-state index in [4.69, 9.17) is 21.7 Å². The molecule has 198 valence electrons. The quantitative estimate of drug-likeness (QED) is 0.278. The molecule has 5 aromatic rings. The summed E-state index contributed by atoms with van der Waals surface area (Å²) < 4.78 is 4.33. The minimum atomic E-state index is -0.882. The topological polar surface area (TPSA) is 97.4 Å². The van der Waals surface area contributed by atoms with E-state index in [-0.39, 0.29) is 12.0 Å². The van der Waals surface area contributed by atoms with Crippen molar-refractivity contribution in [3.8, 4) is 21.7 Å². The van der Waals surface area contributed by atoms with Gasteiger partial charge in [0.25, 0.3) is 5.56 Å². The molecule has 3 aromatic carbocycles. The van der Waals surface area contributed by atoms with Crippen LogP contribution in [0.4, 0.5) is 0 Å². The van der Waals surface area contributed by atoms with Gasteiger partial charge in [-0.2, -0.15) is 0 Å². The fraction of sp³-hybridized carbons (Fsp3) is 0.276. The summed E-state index contributed by atoms with van der Waals surface area (Å²) in [4.78, 5) is 28.9. The molecule has 0 unspecified atom stereocenters. The molecule has 9 heteroatoms. The van der Waals surface area contributed by atoms with Crippen LogP contribution >= 0.6 is 22.9 Å². The van der Waals surface area contributed by atoms with Gasteiger partial charge >= 0.3 is 5.97 Å². The number of aliphatic hydroxyl groups is 1. The number of thiazole rings is 1. The van der Waals surface area contributed by atoms with Crippen LogP contribution in [0.2, 0.25) is 5.02 Å². The van der Waals surface area contributed by atoms with Gasteiger partial charge in [0, 0.05) is 30.2 Å². The Balaban J connectivity index is 0.000000617. The van der Waals surface area contributed by atoms with Gasteiger partial charge in [0.05, 0.1) is 33.1 Å². The maximum atomic E-state index is 12.4. The van der Waals surface area contributed by atoms with Crippen molar-refractivity contribution in [1.29, 1.82) is 0 Å². The molecule has 0 spiro atoms. The van der Waals surface area contributed by atoms with Crippen molar-refractivity contribution in [3.63, 3.8) is 0 Å². The zero-order chi connectivity index (χ0) is 27.9. The summed E-state index contributed by atoms with van der Waals surface area (Å²) in [5.74, 6) is -0.882. The van der Waals surface area contributed by atoms with Gasteiger partial charge in [0.15, 0.2) is 0 Å². The average Bonchev–Trinajstić information content (AvgIpc) is 3.33.